The molecule has 0 heterocycles. The molecule has 1 rings (SSSR count). The minimum absolute atomic E-state index is 0.278. The van der Waals surface area contributed by atoms with E-state index in [4.69, 9.17) is 9.84 Å². The molecule has 0 saturated heterocycles. The fourth-order valence-electron chi connectivity index (χ4n) is 1.53. The molecule has 1 aromatic rings. The molecular weight excluding hydrogens is 276 g/mol. The number of carboxylic acid groups (broad SMARTS) is 1. The van der Waals surface area contributed by atoms with Crippen LogP contribution in [0.3, 0.4) is 0 Å². The zero-order valence-corrected chi connectivity index (χ0v) is 11.9. The van der Waals surface area contributed by atoms with Crippen molar-refractivity contribution in [3.63, 3.8) is 0 Å². The molecule has 0 saturated carbocycles. The average molecular weight is 294 g/mol. The molecule has 1 aromatic carbocycles. The van der Waals surface area contributed by atoms with Crippen molar-refractivity contribution in [3.05, 3.63) is 29.8 Å². The van der Waals surface area contributed by atoms with Crippen molar-refractivity contribution in [2.24, 2.45) is 0 Å². The smallest absolute Gasteiger partial charge is 0.322 e. The van der Waals surface area contributed by atoms with Crippen LogP contribution < -0.4 is 10.6 Å². The topological polar surface area (TPSA) is 105 Å². The van der Waals surface area contributed by atoms with Gasteiger partial charge in [-0.15, -0.1) is 0 Å². The summed E-state index contributed by atoms with van der Waals surface area (Å²) in [5.41, 5.74) is 0.841. The van der Waals surface area contributed by atoms with Crippen LogP contribution in [-0.4, -0.2) is 42.1 Å². The average Bonchev–Trinajstić information content (AvgIpc) is 2.45. The summed E-state index contributed by atoms with van der Waals surface area (Å²) in [5, 5.41) is 13.4. The highest BCUT2D eigenvalue weighted by Gasteiger charge is 2.13. The van der Waals surface area contributed by atoms with Gasteiger partial charge in [0, 0.05) is 17.9 Å². The van der Waals surface area contributed by atoms with Crippen molar-refractivity contribution < 1.29 is 24.2 Å². The summed E-state index contributed by atoms with van der Waals surface area (Å²) in [6.07, 6.45) is -0.562. The van der Waals surface area contributed by atoms with E-state index in [1.54, 1.807) is 26.0 Å². The Bertz CT molecular complexity index is 513. The van der Waals surface area contributed by atoms with Crippen molar-refractivity contribution in [1.29, 1.82) is 0 Å². The largest absolute Gasteiger partial charge is 0.480 e. The van der Waals surface area contributed by atoms with Gasteiger partial charge in [0.15, 0.2) is 0 Å². The standard InChI is InChI=1S/C14H18N2O5/c1-3-21-9(2)13(19)16-11-6-4-10(5-7-11)14(20)15-8-12(17)18/h4-7,9H,3,8H2,1-2H3,(H,15,20)(H,16,19)(H,17,18). The van der Waals surface area contributed by atoms with Gasteiger partial charge in [0.25, 0.3) is 11.8 Å². The van der Waals surface area contributed by atoms with Crippen molar-refractivity contribution in [3.8, 4) is 0 Å². The van der Waals surface area contributed by atoms with E-state index >= 15 is 0 Å². The molecule has 1 atom stereocenters. The quantitative estimate of drug-likeness (QED) is 0.692. The van der Waals surface area contributed by atoms with E-state index in [0.717, 1.165) is 0 Å². The van der Waals surface area contributed by atoms with Gasteiger partial charge in [-0.2, -0.15) is 0 Å². The van der Waals surface area contributed by atoms with E-state index in [1.807, 2.05) is 0 Å². The molecule has 0 fully saturated rings. The Hall–Kier alpha value is -2.41. The van der Waals surface area contributed by atoms with Gasteiger partial charge >= 0.3 is 5.97 Å². The van der Waals surface area contributed by atoms with Gasteiger partial charge in [-0.05, 0) is 38.1 Å². The van der Waals surface area contributed by atoms with Crippen molar-refractivity contribution >= 4 is 23.5 Å². The summed E-state index contributed by atoms with van der Waals surface area (Å²) in [6.45, 7) is 3.45. The second-order valence-electron chi connectivity index (χ2n) is 4.24. The summed E-state index contributed by atoms with van der Waals surface area (Å²) >= 11 is 0. The Morgan fingerprint density at radius 2 is 1.86 bits per heavy atom. The molecule has 21 heavy (non-hydrogen) atoms. The van der Waals surface area contributed by atoms with Crippen LogP contribution in [0.1, 0.15) is 24.2 Å². The fraction of sp³-hybridized carbons (Fsp3) is 0.357. The van der Waals surface area contributed by atoms with Crippen molar-refractivity contribution in [2.75, 3.05) is 18.5 Å². The molecule has 2 amide bonds. The van der Waals surface area contributed by atoms with Gasteiger partial charge in [0.05, 0.1) is 0 Å². The predicted octanol–water partition coefficient (Wildman–Crippen LogP) is 0.864. The predicted molar refractivity (Wildman–Crippen MR) is 76.1 cm³/mol. The second kappa shape index (κ2) is 8.01. The van der Waals surface area contributed by atoms with Crippen LogP contribution in [0.15, 0.2) is 24.3 Å². The Kier molecular flexibility index (Phi) is 6.35. The molecule has 0 aliphatic heterocycles. The molecule has 3 N–H and O–H groups in total. The maximum absolute atomic E-state index is 11.7. The highest BCUT2D eigenvalue weighted by atomic mass is 16.5. The highest BCUT2D eigenvalue weighted by Crippen LogP contribution is 2.10. The first-order valence-electron chi connectivity index (χ1n) is 6.46. The molecule has 114 valence electrons. The lowest BCUT2D eigenvalue weighted by molar-refractivity contribution is -0.135. The number of nitrogens with one attached hydrogen (secondary N) is 2. The van der Waals surface area contributed by atoms with Gasteiger partial charge in [-0.25, -0.2) is 0 Å². The Morgan fingerprint density at radius 3 is 2.38 bits per heavy atom. The lowest BCUT2D eigenvalue weighted by atomic mass is 10.2. The van der Waals surface area contributed by atoms with Gasteiger partial charge in [0.2, 0.25) is 0 Å². The molecule has 0 bridgehead atoms. The van der Waals surface area contributed by atoms with Crippen molar-refractivity contribution in [1.82, 2.24) is 5.32 Å². The number of hydrogen-bond donors (Lipinski definition) is 3. The second-order valence-corrected chi connectivity index (χ2v) is 4.24. The molecule has 0 aliphatic rings. The first-order chi connectivity index (χ1) is 9.93. The minimum Gasteiger partial charge on any atom is -0.480 e. The number of carboxylic acids is 1. The number of amides is 2. The highest BCUT2D eigenvalue weighted by molar-refractivity contribution is 5.97. The number of carbonyl (C=O) groups is 3. The monoisotopic (exact) mass is 294 g/mol. The molecular formula is C14H18N2O5. The zero-order chi connectivity index (χ0) is 15.8. The van der Waals surface area contributed by atoms with E-state index in [0.29, 0.717) is 17.9 Å². The first kappa shape index (κ1) is 16.6. The number of carbonyl (C=O) groups excluding carboxylic acids is 2. The maximum Gasteiger partial charge on any atom is 0.322 e. The summed E-state index contributed by atoms with van der Waals surface area (Å²) in [7, 11) is 0. The van der Waals surface area contributed by atoms with Crippen LogP contribution in [0.5, 0.6) is 0 Å². The van der Waals surface area contributed by atoms with Crippen LogP contribution in [0.2, 0.25) is 0 Å². The third-order valence-corrected chi connectivity index (χ3v) is 2.60. The van der Waals surface area contributed by atoms with Crippen molar-refractivity contribution in [2.45, 2.75) is 20.0 Å². The molecule has 0 aliphatic carbocycles. The fourth-order valence-corrected chi connectivity index (χ4v) is 1.53. The van der Waals surface area contributed by atoms with Gasteiger partial charge in [-0.1, -0.05) is 0 Å². The summed E-state index contributed by atoms with van der Waals surface area (Å²) in [6, 6.07) is 6.12. The molecule has 0 aromatic heterocycles. The molecule has 1 unspecified atom stereocenters. The first-order valence-corrected chi connectivity index (χ1v) is 6.46. The van der Waals surface area contributed by atoms with Crippen LogP contribution in [-0.2, 0) is 14.3 Å². The van der Waals surface area contributed by atoms with Crippen LogP contribution in [0.25, 0.3) is 0 Å². The van der Waals surface area contributed by atoms with Gasteiger partial charge in [0.1, 0.15) is 12.6 Å². The normalized spacial score (nSPS) is 11.5. The Balaban J connectivity index is 2.59. The number of hydrogen-bond acceptors (Lipinski definition) is 4. The van der Waals surface area contributed by atoms with E-state index in [9.17, 15) is 14.4 Å². The Morgan fingerprint density at radius 1 is 1.24 bits per heavy atom. The number of benzene rings is 1. The van der Waals surface area contributed by atoms with E-state index in [2.05, 4.69) is 10.6 Å². The van der Waals surface area contributed by atoms with E-state index in [-0.39, 0.29) is 5.91 Å². The SMILES string of the molecule is CCOC(C)C(=O)Nc1ccc(C(=O)NCC(=O)O)cc1. The van der Waals surface area contributed by atoms with Gasteiger partial charge in [-0.3, -0.25) is 14.4 Å². The van der Waals surface area contributed by atoms with E-state index in [1.165, 1.54) is 12.1 Å². The van der Waals surface area contributed by atoms with Crippen LogP contribution in [0.4, 0.5) is 5.69 Å². The van der Waals surface area contributed by atoms with Crippen LogP contribution in [0, 0.1) is 0 Å². The zero-order valence-electron chi connectivity index (χ0n) is 11.9. The molecule has 7 nitrogen and oxygen atoms in total. The summed E-state index contributed by atoms with van der Waals surface area (Å²) in [4.78, 5) is 33.7. The lowest BCUT2D eigenvalue weighted by Gasteiger charge is -2.12. The molecule has 7 heteroatoms. The minimum atomic E-state index is -1.11. The third kappa shape index (κ3) is 5.62. The number of aliphatic carboxylic acids is 1. The molecule has 0 radical (unpaired) electrons. The van der Waals surface area contributed by atoms with E-state index < -0.39 is 24.5 Å². The third-order valence-electron chi connectivity index (χ3n) is 2.60. The van der Waals surface area contributed by atoms with Crippen LogP contribution >= 0.6 is 0 Å². The number of anilines is 1. The summed E-state index contributed by atoms with van der Waals surface area (Å²) in [5.74, 6) is -1.88. The lowest BCUT2D eigenvalue weighted by Crippen LogP contribution is -2.29. The Labute approximate surface area is 122 Å². The molecule has 0 spiro atoms. The van der Waals surface area contributed by atoms with Gasteiger partial charge < -0.3 is 20.5 Å². The number of rotatable bonds is 7. The number of ether oxygens (including phenoxy) is 1. The maximum atomic E-state index is 11.7. The summed E-state index contributed by atoms with van der Waals surface area (Å²) < 4.78 is 5.16.